The van der Waals surface area contributed by atoms with E-state index in [9.17, 15) is 9.59 Å². The Kier molecular flexibility index (Phi) is 6.27. The monoisotopic (exact) mass is 324 g/mol. The molecule has 0 aromatic heterocycles. The summed E-state index contributed by atoms with van der Waals surface area (Å²) < 4.78 is 0. The fourth-order valence-corrected chi connectivity index (χ4v) is 2.43. The Labute approximate surface area is 143 Å². The maximum Gasteiger partial charge on any atom is 0.238 e. The van der Waals surface area contributed by atoms with Crippen molar-refractivity contribution in [3.05, 3.63) is 65.2 Å². The molecule has 0 radical (unpaired) electrons. The number of nitrogens with one attached hydrogen (secondary N) is 2. The molecule has 0 saturated carbocycles. The molecule has 0 spiro atoms. The average Bonchev–Trinajstić information content (AvgIpc) is 2.60. The van der Waals surface area contributed by atoms with Crippen LogP contribution >= 0.6 is 0 Å². The van der Waals surface area contributed by atoms with E-state index in [1.54, 1.807) is 24.3 Å². The van der Waals surface area contributed by atoms with Crippen LogP contribution in [0, 0.1) is 0 Å². The normalized spacial score (nSPS) is 11.8. The quantitative estimate of drug-likeness (QED) is 0.763. The van der Waals surface area contributed by atoms with Gasteiger partial charge in [-0.2, -0.15) is 0 Å². The highest BCUT2D eigenvalue weighted by Gasteiger charge is 2.09. The lowest BCUT2D eigenvalue weighted by Crippen LogP contribution is -2.30. The van der Waals surface area contributed by atoms with Crippen LogP contribution in [0.2, 0.25) is 0 Å². The number of benzene rings is 2. The topological polar surface area (TPSA) is 58.2 Å². The van der Waals surface area contributed by atoms with Gasteiger partial charge in [0.15, 0.2) is 5.78 Å². The number of carbonyl (C=O) groups is 2. The molecule has 126 valence electrons. The molecule has 0 unspecified atom stereocenters. The van der Waals surface area contributed by atoms with Crippen LogP contribution in [0.25, 0.3) is 0 Å². The maximum absolute atomic E-state index is 12.1. The van der Waals surface area contributed by atoms with E-state index in [0.29, 0.717) is 11.3 Å². The van der Waals surface area contributed by atoms with Gasteiger partial charge in [-0.15, -0.1) is 0 Å². The van der Waals surface area contributed by atoms with Crippen molar-refractivity contribution >= 4 is 17.4 Å². The Morgan fingerprint density at radius 3 is 2.42 bits per heavy atom. The van der Waals surface area contributed by atoms with Crippen molar-refractivity contribution in [3.63, 3.8) is 0 Å². The first-order valence-electron chi connectivity index (χ1n) is 8.22. The summed E-state index contributed by atoms with van der Waals surface area (Å²) in [6.45, 7) is 5.88. The highest BCUT2D eigenvalue weighted by molar-refractivity contribution is 5.97. The summed E-state index contributed by atoms with van der Waals surface area (Å²) in [5.41, 5.74) is 3.67. The summed E-state index contributed by atoms with van der Waals surface area (Å²) in [5.74, 6) is -0.152. The van der Waals surface area contributed by atoms with E-state index < -0.39 is 0 Å². The minimum atomic E-state index is -0.132. The zero-order valence-corrected chi connectivity index (χ0v) is 14.4. The van der Waals surface area contributed by atoms with Crippen LogP contribution in [-0.4, -0.2) is 18.2 Å². The number of aryl methyl sites for hydroxylation is 1. The second-order valence-electron chi connectivity index (χ2n) is 5.88. The number of Topliss-reactive ketones (excluding diaryl/α,β-unsaturated/α-hetero) is 1. The number of carbonyl (C=O) groups excluding carboxylic acids is 2. The largest absolute Gasteiger partial charge is 0.325 e. The van der Waals surface area contributed by atoms with Gasteiger partial charge in [-0.1, -0.05) is 43.3 Å². The molecule has 1 amide bonds. The standard InChI is InChI=1S/C20H24N2O2/c1-4-16-8-10-17(11-9-16)14(2)21-13-20(24)22-19-7-5-6-18(12-19)15(3)23/h5-12,14,21H,4,13H2,1-3H3,(H,22,24)/t14-/m1/s1. The second kappa shape index (κ2) is 8.41. The van der Waals surface area contributed by atoms with Gasteiger partial charge < -0.3 is 10.6 Å². The molecule has 4 heteroatoms. The number of rotatable bonds is 7. The smallest absolute Gasteiger partial charge is 0.238 e. The number of amides is 1. The summed E-state index contributed by atoms with van der Waals surface area (Å²) in [7, 11) is 0. The van der Waals surface area contributed by atoms with Crippen molar-refractivity contribution in [2.24, 2.45) is 0 Å². The number of hydrogen-bond acceptors (Lipinski definition) is 3. The Hall–Kier alpha value is -2.46. The average molecular weight is 324 g/mol. The number of hydrogen-bond donors (Lipinski definition) is 2. The van der Waals surface area contributed by atoms with Crippen LogP contribution in [-0.2, 0) is 11.2 Å². The van der Waals surface area contributed by atoms with Gasteiger partial charge in [-0.05, 0) is 43.5 Å². The molecule has 0 aliphatic rings. The van der Waals surface area contributed by atoms with E-state index in [2.05, 4.69) is 41.8 Å². The number of anilines is 1. The van der Waals surface area contributed by atoms with Gasteiger partial charge in [-0.25, -0.2) is 0 Å². The van der Waals surface area contributed by atoms with Crippen molar-refractivity contribution in [3.8, 4) is 0 Å². The summed E-state index contributed by atoms with van der Waals surface area (Å²) in [6, 6.07) is 15.4. The lowest BCUT2D eigenvalue weighted by atomic mass is 10.1. The molecule has 0 bridgehead atoms. The molecule has 2 aromatic carbocycles. The van der Waals surface area contributed by atoms with Crippen LogP contribution in [0.5, 0.6) is 0 Å². The lowest BCUT2D eigenvalue weighted by Gasteiger charge is -2.15. The Morgan fingerprint density at radius 2 is 1.79 bits per heavy atom. The first-order valence-corrected chi connectivity index (χ1v) is 8.22. The van der Waals surface area contributed by atoms with E-state index in [1.165, 1.54) is 12.5 Å². The SMILES string of the molecule is CCc1ccc([C@@H](C)NCC(=O)Nc2cccc(C(C)=O)c2)cc1. The molecule has 2 aromatic rings. The molecular formula is C20H24N2O2. The van der Waals surface area contributed by atoms with E-state index in [4.69, 9.17) is 0 Å². The van der Waals surface area contributed by atoms with Crippen LogP contribution in [0.1, 0.15) is 48.3 Å². The molecule has 24 heavy (non-hydrogen) atoms. The highest BCUT2D eigenvalue weighted by atomic mass is 16.2. The molecule has 0 aliphatic heterocycles. The van der Waals surface area contributed by atoms with Crippen LogP contribution in [0.3, 0.4) is 0 Å². The molecule has 0 fully saturated rings. The summed E-state index contributed by atoms with van der Waals surface area (Å²) in [4.78, 5) is 23.4. The van der Waals surface area contributed by atoms with Crippen molar-refractivity contribution in [1.29, 1.82) is 0 Å². The third-order valence-corrected chi connectivity index (χ3v) is 4.01. The predicted molar refractivity (Wildman–Crippen MR) is 97.3 cm³/mol. The van der Waals surface area contributed by atoms with Gasteiger partial charge >= 0.3 is 0 Å². The fourth-order valence-electron chi connectivity index (χ4n) is 2.43. The molecule has 1 atom stereocenters. The van der Waals surface area contributed by atoms with Gasteiger partial charge in [0.2, 0.25) is 5.91 Å². The van der Waals surface area contributed by atoms with Gasteiger partial charge in [0.05, 0.1) is 6.54 Å². The minimum Gasteiger partial charge on any atom is -0.325 e. The van der Waals surface area contributed by atoms with Crippen molar-refractivity contribution in [1.82, 2.24) is 5.32 Å². The lowest BCUT2D eigenvalue weighted by molar-refractivity contribution is -0.115. The second-order valence-corrected chi connectivity index (χ2v) is 5.88. The summed E-state index contributed by atoms with van der Waals surface area (Å²) in [5, 5.41) is 6.02. The van der Waals surface area contributed by atoms with Crippen molar-refractivity contribution < 1.29 is 9.59 Å². The van der Waals surface area contributed by atoms with E-state index in [1.807, 2.05) is 6.92 Å². The van der Waals surface area contributed by atoms with E-state index in [-0.39, 0.29) is 24.3 Å². The molecule has 2 N–H and O–H groups in total. The first kappa shape index (κ1) is 17.9. The number of ketones is 1. The Bertz CT molecular complexity index is 708. The van der Waals surface area contributed by atoms with E-state index >= 15 is 0 Å². The minimum absolute atomic E-state index is 0.0200. The molecular weight excluding hydrogens is 300 g/mol. The summed E-state index contributed by atoms with van der Waals surface area (Å²) in [6.07, 6.45) is 1.02. The van der Waals surface area contributed by atoms with Crippen LogP contribution < -0.4 is 10.6 Å². The Balaban J connectivity index is 1.88. The van der Waals surface area contributed by atoms with Crippen LogP contribution in [0.15, 0.2) is 48.5 Å². The van der Waals surface area contributed by atoms with Crippen LogP contribution in [0.4, 0.5) is 5.69 Å². The van der Waals surface area contributed by atoms with E-state index in [0.717, 1.165) is 12.0 Å². The zero-order valence-electron chi connectivity index (χ0n) is 14.4. The maximum atomic E-state index is 12.1. The van der Waals surface area contributed by atoms with Gasteiger partial charge in [0.25, 0.3) is 0 Å². The Morgan fingerprint density at radius 1 is 1.08 bits per heavy atom. The predicted octanol–water partition coefficient (Wildman–Crippen LogP) is 3.74. The molecule has 2 rings (SSSR count). The third kappa shape index (κ3) is 5.03. The van der Waals surface area contributed by atoms with Crippen molar-refractivity contribution in [2.75, 3.05) is 11.9 Å². The highest BCUT2D eigenvalue weighted by Crippen LogP contribution is 2.14. The fraction of sp³-hybridized carbons (Fsp3) is 0.300. The first-order chi connectivity index (χ1) is 11.5. The zero-order chi connectivity index (χ0) is 17.5. The van der Waals surface area contributed by atoms with Crippen molar-refractivity contribution in [2.45, 2.75) is 33.2 Å². The molecule has 0 saturated heterocycles. The van der Waals surface area contributed by atoms with Gasteiger partial charge in [-0.3, -0.25) is 9.59 Å². The third-order valence-electron chi connectivity index (χ3n) is 4.01. The van der Waals surface area contributed by atoms with Gasteiger partial charge in [0, 0.05) is 17.3 Å². The molecule has 0 aliphatic carbocycles. The summed E-state index contributed by atoms with van der Waals surface area (Å²) >= 11 is 0. The van der Waals surface area contributed by atoms with Gasteiger partial charge in [0.1, 0.15) is 0 Å². The molecule has 0 heterocycles. The molecule has 4 nitrogen and oxygen atoms in total.